The predicted octanol–water partition coefficient (Wildman–Crippen LogP) is 3.10. The first-order valence-electron chi connectivity index (χ1n) is 8.24. The second-order valence-electron chi connectivity index (χ2n) is 5.81. The van der Waals surface area contributed by atoms with Crippen LogP contribution in [0.4, 0.5) is 0 Å². The molecular weight excluding hydrogens is 418 g/mol. The number of hydrogen-bond donors (Lipinski definition) is 0. The molecule has 0 fully saturated rings. The lowest BCUT2D eigenvalue weighted by Crippen LogP contribution is -2.19. The number of aryl methyl sites for hydroxylation is 1. The maximum absolute atomic E-state index is 12.9. The molecule has 0 bridgehead atoms. The summed E-state index contributed by atoms with van der Waals surface area (Å²) >= 11 is 5.90. The van der Waals surface area contributed by atoms with Crippen molar-refractivity contribution < 1.29 is 27.5 Å². The van der Waals surface area contributed by atoms with Crippen LogP contribution in [-0.4, -0.2) is 40.3 Å². The molecule has 0 aliphatic heterocycles. The van der Waals surface area contributed by atoms with Crippen molar-refractivity contribution in [3.05, 3.63) is 76.3 Å². The number of carbonyl (C=O) groups is 2. The highest BCUT2D eigenvalue weighted by molar-refractivity contribution is 7.90. The quantitative estimate of drug-likeness (QED) is 0.392. The molecule has 0 unspecified atom stereocenters. The molecule has 0 atom stereocenters. The van der Waals surface area contributed by atoms with Gasteiger partial charge in [-0.3, -0.25) is 0 Å². The molecule has 7 nitrogen and oxygen atoms in total. The highest BCUT2D eigenvalue weighted by Gasteiger charge is 2.24. The number of nitrogens with zero attached hydrogens (tertiary/aromatic N) is 1. The van der Waals surface area contributed by atoms with Gasteiger partial charge in [0.15, 0.2) is 0 Å². The summed E-state index contributed by atoms with van der Waals surface area (Å²) in [5, 5.41) is 0.394. The van der Waals surface area contributed by atoms with Crippen LogP contribution in [0.2, 0.25) is 5.02 Å². The zero-order valence-electron chi connectivity index (χ0n) is 15.9. The molecule has 29 heavy (non-hydrogen) atoms. The molecule has 0 amide bonds. The molecule has 0 spiro atoms. The van der Waals surface area contributed by atoms with E-state index in [0.717, 1.165) is 25.9 Å². The second-order valence-corrected chi connectivity index (χ2v) is 7.85. The number of ether oxygens (including phenoxy) is 2. The van der Waals surface area contributed by atoms with Crippen molar-refractivity contribution in [3.63, 3.8) is 0 Å². The van der Waals surface area contributed by atoms with Crippen molar-refractivity contribution in [3.8, 4) is 0 Å². The summed E-state index contributed by atoms with van der Waals surface area (Å²) in [6.45, 7) is 1.81. The van der Waals surface area contributed by atoms with Crippen molar-refractivity contribution in [2.45, 2.75) is 11.8 Å². The Balaban J connectivity index is 2.75. The fraction of sp³-hybridized carbons (Fsp3) is 0.150. The number of benzene rings is 2. The number of sulfonamides is 1. The molecule has 152 valence electrons. The van der Waals surface area contributed by atoms with Crippen LogP contribution in [0.1, 0.15) is 11.1 Å². The third-order valence-corrected chi connectivity index (χ3v) is 5.31. The van der Waals surface area contributed by atoms with Gasteiger partial charge in [-0.1, -0.05) is 41.4 Å². The standard InChI is InChI=1S/C20H18ClNO6S/c1-13-4-10-16(11-5-13)29(25,26)22-19(14-6-8-15(21)9-7-14)17(20(24)28-3)12-18(23)27-2/h4-12H,1-3H3/b17-12+,22-19+. The Morgan fingerprint density at radius 3 is 2.07 bits per heavy atom. The summed E-state index contributed by atoms with van der Waals surface area (Å²) in [5.74, 6) is -1.83. The van der Waals surface area contributed by atoms with Crippen molar-refractivity contribution >= 4 is 39.3 Å². The van der Waals surface area contributed by atoms with E-state index in [0.29, 0.717) is 5.02 Å². The van der Waals surface area contributed by atoms with Crippen LogP contribution in [0.5, 0.6) is 0 Å². The largest absolute Gasteiger partial charge is 0.466 e. The van der Waals surface area contributed by atoms with Gasteiger partial charge in [0.25, 0.3) is 10.0 Å². The van der Waals surface area contributed by atoms with E-state index < -0.39 is 22.0 Å². The van der Waals surface area contributed by atoms with E-state index in [1.165, 1.54) is 36.4 Å². The maximum atomic E-state index is 12.9. The van der Waals surface area contributed by atoms with Gasteiger partial charge in [0, 0.05) is 16.7 Å². The van der Waals surface area contributed by atoms with Crippen molar-refractivity contribution in [2.24, 2.45) is 4.40 Å². The molecule has 0 aliphatic rings. The van der Waals surface area contributed by atoms with Gasteiger partial charge in [-0.05, 0) is 31.2 Å². The third kappa shape index (κ3) is 5.75. The van der Waals surface area contributed by atoms with Gasteiger partial charge >= 0.3 is 11.9 Å². The first kappa shape index (κ1) is 22.3. The lowest BCUT2D eigenvalue weighted by Gasteiger charge is -2.11. The molecule has 2 aromatic rings. The Labute approximate surface area is 173 Å². The van der Waals surface area contributed by atoms with Gasteiger partial charge in [-0.25, -0.2) is 9.59 Å². The summed E-state index contributed by atoms with van der Waals surface area (Å²) in [7, 11) is -1.99. The van der Waals surface area contributed by atoms with Gasteiger partial charge in [0.05, 0.1) is 30.4 Å². The van der Waals surface area contributed by atoms with Crippen LogP contribution >= 0.6 is 11.6 Å². The minimum atomic E-state index is -4.21. The van der Waals surface area contributed by atoms with E-state index in [4.69, 9.17) is 16.3 Å². The Kier molecular flexibility index (Phi) is 7.30. The highest BCUT2D eigenvalue weighted by atomic mass is 35.5. The SMILES string of the molecule is COC(=O)/C=C(C(=O)OC)\C(=N\S(=O)(=O)c1ccc(C)cc1)c1ccc(Cl)cc1. The topological polar surface area (TPSA) is 99.1 Å². The molecular formula is C20H18ClNO6S. The van der Waals surface area contributed by atoms with Gasteiger partial charge in [-0.15, -0.1) is 0 Å². The summed E-state index contributed by atoms with van der Waals surface area (Å²) in [5.41, 5.74) is 0.453. The number of hydrogen-bond acceptors (Lipinski definition) is 6. The molecule has 0 saturated carbocycles. The smallest absolute Gasteiger partial charge is 0.340 e. The molecule has 9 heteroatoms. The summed E-state index contributed by atoms with van der Waals surface area (Å²) in [4.78, 5) is 24.0. The molecule has 0 heterocycles. The van der Waals surface area contributed by atoms with Crippen LogP contribution in [0.15, 0.2) is 69.5 Å². The fourth-order valence-electron chi connectivity index (χ4n) is 2.26. The molecule has 2 rings (SSSR count). The Bertz CT molecular complexity index is 1070. The average molecular weight is 436 g/mol. The van der Waals surface area contributed by atoms with E-state index in [1.807, 2.05) is 6.92 Å². The minimum absolute atomic E-state index is 0.0724. The fourth-order valence-corrected chi connectivity index (χ4v) is 3.41. The maximum Gasteiger partial charge on any atom is 0.340 e. The van der Waals surface area contributed by atoms with E-state index >= 15 is 0 Å². The monoisotopic (exact) mass is 435 g/mol. The molecule has 0 saturated heterocycles. The summed E-state index contributed by atoms with van der Waals surface area (Å²) < 4.78 is 38.8. The number of methoxy groups -OCH3 is 2. The second kappa shape index (κ2) is 9.49. The normalized spacial score (nSPS) is 12.4. The average Bonchev–Trinajstić information content (AvgIpc) is 2.70. The van der Waals surface area contributed by atoms with Gasteiger partial charge in [-0.2, -0.15) is 12.8 Å². The Morgan fingerprint density at radius 2 is 1.55 bits per heavy atom. The van der Waals surface area contributed by atoms with Crippen molar-refractivity contribution in [2.75, 3.05) is 14.2 Å². The summed E-state index contributed by atoms with van der Waals surface area (Å²) in [6.07, 6.45) is 0.823. The first-order chi connectivity index (χ1) is 13.7. The lowest BCUT2D eigenvalue weighted by molar-refractivity contribution is -0.138. The predicted molar refractivity (Wildman–Crippen MR) is 108 cm³/mol. The molecule has 0 aliphatic carbocycles. The van der Waals surface area contributed by atoms with E-state index in [1.54, 1.807) is 12.1 Å². The number of esters is 2. The van der Waals surface area contributed by atoms with Crippen molar-refractivity contribution in [1.29, 1.82) is 0 Å². The van der Waals surface area contributed by atoms with Crippen LogP contribution in [0.25, 0.3) is 0 Å². The number of halogens is 1. The molecule has 0 radical (unpaired) electrons. The molecule has 0 aromatic heterocycles. The van der Waals surface area contributed by atoms with Crippen LogP contribution in [0.3, 0.4) is 0 Å². The Hall–Kier alpha value is -2.97. The lowest BCUT2D eigenvalue weighted by atomic mass is 10.0. The van der Waals surface area contributed by atoms with Crippen molar-refractivity contribution in [1.82, 2.24) is 0 Å². The van der Waals surface area contributed by atoms with Gasteiger partial charge < -0.3 is 9.47 Å². The van der Waals surface area contributed by atoms with E-state index in [9.17, 15) is 18.0 Å². The zero-order valence-corrected chi connectivity index (χ0v) is 17.5. The number of rotatable bonds is 6. The van der Waals surface area contributed by atoms with E-state index in [-0.39, 0.29) is 21.7 Å². The molecule has 2 aromatic carbocycles. The Morgan fingerprint density at radius 1 is 0.966 bits per heavy atom. The number of carbonyl (C=O) groups excluding carboxylic acids is 2. The van der Waals surface area contributed by atoms with Crippen LogP contribution in [-0.2, 0) is 29.1 Å². The first-order valence-corrected chi connectivity index (χ1v) is 10.1. The van der Waals surface area contributed by atoms with Crippen LogP contribution < -0.4 is 0 Å². The van der Waals surface area contributed by atoms with Gasteiger partial charge in [0.2, 0.25) is 0 Å². The molecule has 0 N–H and O–H groups in total. The highest BCUT2D eigenvalue weighted by Crippen LogP contribution is 2.20. The minimum Gasteiger partial charge on any atom is -0.466 e. The summed E-state index contributed by atoms with van der Waals surface area (Å²) in [6, 6.07) is 12.0. The van der Waals surface area contributed by atoms with E-state index in [2.05, 4.69) is 9.13 Å². The zero-order chi connectivity index (χ0) is 21.6. The third-order valence-electron chi connectivity index (χ3n) is 3.77. The van der Waals surface area contributed by atoms with Crippen LogP contribution in [0, 0.1) is 6.92 Å². The van der Waals surface area contributed by atoms with Gasteiger partial charge in [0.1, 0.15) is 0 Å².